The van der Waals surface area contributed by atoms with Crippen LogP contribution in [0.3, 0.4) is 0 Å². The van der Waals surface area contributed by atoms with E-state index in [-0.39, 0.29) is 0 Å². The first-order chi connectivity index (χ1) is 3.86. The Balaban J connectivity index is 2.23. The lowest BCUT2D eigenvalue weighted by molar-refractivity contribution is 0.691. The van der Waals surface area contributed by atoms with Crippen LogP contribution in [0.2, 0.25) is 5.82 Å². The fourth-order valence-corrected chi connectivity index (χ4v) is 2.06. The average molecular weight is 106 g/mol. The van der Waals surface area contributed by atoms with E-state index < -0.39 is 0 Å². The van der Waals surface area contributed by atoms with Gasteiger partial charge in [0.1, 0.15) is 7.85 Å². The molecule has 0 saturated heterocycles. The smallest absolute Gasteiger partial charge is 0.0856 e. The summed E-state index contributed by atoms with van der Waals surface area (Å²) in [6.45, 7) is 0. The molecule has 0 N–H and O–H groups in total. The molecule has 1 fully saturated rings. The molecule has 0 amide bonds. The van der Waals surface area contributed by atoms with E-state index >= 15 is 0 Å². The van der Waals surface area contributed by atoms with Gasteiger partial charge in [0.25, 0.3) is 0 Å². The van der Waals surface area contributed by atoms with Gasteiger partial charge in [-0.25, -0.2) is 0 Å². The molecule has 0 aliphatic heterocycles. The Labute approximate surface area is 51.4 Å². The maximum absolute atomic E-state index is 2.40. The second kappa shape index (κ2) is 1.40. The number of allylic oxidation sites excluding steroid dienone is 2. The van der Waals surface area contributed by atoms with E-state index in [9.17, 15) is 0 Å². The summed E-state index contributed by atoms with van der Waals surface area (Å²) in [5.41, 5.74) is 0. The van der Waals surface area contributed by atoms with Crippen molar-refractivity contribution in [2.45, 2.75) is 18.7 Å². The van der Waals surface area contributed by atoms with Crippen LogP contribution in [0, 0.1) is 11.8 Å². The lowest BCUT2D eigenvalue weighted by atomic mass is 9.77. The summed E-state index contributed by atoms with van der Waals surface area (Å²) in [6.07, 6.45) is 7.71. The summed E-state index contributed by atoms with van der Waals surface area (Å²) < 4.78 is 0. The van der Waals surface area contributed by atoms with Crippen LogP contribution in [0.25, 0.3) is 0 Å². The molecule has 1 saturated carbocycles. The van der Waals surface area contributed by atoms with Crippen molar-refractivity contribution in [3.8, 4) is 0 Å². The normalized spacial score (nSPS) is 50.8. The Hall–Kier alpha value is -0.195. The minimum Gasteiger partial charge on any atom is -0.0856 e. The van der Waals surface area contributed by atoms with E-state index in [4.69, 9.17) is 0 Å². The summed E-state index contributed by atoms with van der Waals surface area (Å²) in [5, 5.41) is 0. The second-order valence-corrected chi connectivity index (χ2v) is 3.26. The van der Waals surface area contributed by atoms with Crippen LogP contribution < -0.4 is 0 Å². The Kier molecular flexibility index (Phi) is 0.815. The third kappa shape index (κ3) is 0.475. The number of hydrogen-bond acceptors (Lipinski definition) is 0. The molecule has 2 rings (SSSR count). The van der Waals surface area contributed by atoms with Gasteiger partial charge in [0.15, 0.2) is 0 Å². The first-order valence-electron chi connectivity index (χ1n) is 3.54. The molecule has 3 unspecified atom stereocenters. The van der Waals surface area contributed by atoms with Crippen LogP contribution >= 0.6 is 0 Å². The summed E-state index contributed by atoms with van der Waals surface area (Å²) in [7, 11) is 2.37. The van der Waals surface area contributed by atoms with Gasteiger partial charge in [-0.15, -0.1) is 0 Å². The van der Waals surface area contributed by atoms with Crippen molar-refractivity contribution in [3.63, 3.8) is 0 Å². The van der Waals surface area contributed by atoms with E-state index in [1.807, 2.05) is 0 Å². The highest BCUT2D eigenvalue weighted by Gasteiger charge is 2.31. The van der Waals surface area contributed by atoms with E-state index in [0.717, 1.165) is 17.7 Å². The van der Waals surface area contributed by atoms with Crippen molar-refractivity contribution >= 4 is 7.85 Å². The van der Waals surface area contributed by atoms with Gasteiger partial charge >= 0.3 is 0 Å². The molecular weight excluding hydrogens is 94.9 g/mol. The van der Waals surface area contributed by atoms with Gasteiger partial charge in [-0.2, -0.15) is 0 Å². The van der Waals surface area contributed by atoms with Crippen molar-refractivity contribution in [1.82, 2.24) is 0 Å². The van der Waals surface area contributed by atoms with Gasteiger partial charge in [0.05, 0.1) is 0 Å². The van der Waals surface area contributed by atoms with Gasteiger partial charge < -0.3 is 0 Å². The second-order valence-electron chi connectivity index (χ2n) is 3.26. The first-order valence-corrected chi connectivity index (χ1v) is 3.54. The zero-order valence-electron chi connectivity index (χ0n) is 5.30. The fraction of sp³-hybridized carbons (Fsp3) is 0.714. The summed E-state index contributed by atoms with van der Waals surface area (Å²) in [6, 6.07) is 0. The highest BCUT2D eigenvalue weighted by atomic mass is 14.3. The largest absolute Gasteiger partial charge is 0.106 e. The molecule has 2 aliphatic rings. The van der Waals surface area contributed by atoms with E-state index in [1.165, 1.54) is 12.8 Å². The predicted octanol–water partition coefficient (Wildman–Crippen LogP) is 1.00. The van der Waals surface area contributed by atoms with Crippen LogP contribution in [0.1, 0.15) is 12.8 Å². The van der Waals surface area contributed by atoms with Gasteiger partial charge in [0, 0.05) is 0 Å². The molecule has 0 radical (unpaired) electrons. The van der Waals surface area contributed by atoms with Crippen molar-refractivity contribution in [2.24, 2.45) is 11.8 Å². The van der Waals surface area contributed by atoms with Gasteiger partial charge in [-0.3, -0.25) is 0 Å². The van der Waals surface area contributed by atoms with Crippen LogP contribution in [0.4, 0.5) is 0 Å². The molecule has 1 heteroatoms. The SMILES string of the molecule is BC1CC2C=CC1C2. The summed E-state index contributed by atoms with van der Waals surface area (Å²) in [5.74, 6) is 2.92. The molecule has 0 spiro atoms. The lowest BCUT2D eigenvalue weighted by Gasteiger charge is -2.09. The molecule has 0 nitrogen and oxygen atoms in total. The molecule has 42 valence electrons. The Bertz CT molecular complexity index is 128. The molecule has 0 aromatic carbocycles. The zero-order valence-corrected chi connectivity index (χ0v) is 5.30. The van der Waals surface area contributed by atoms with Crippen molar-refractivity contribution in [2.75, 3.05) is 0 Å². The Morgan fingerprint density at radius 2 is 2.12 bits per heavy atom. The van der Waals surface area contributed by atoms with Crippen molar-refractivity contribution in [3.05, 3.63) is 12.2 Å². The fourth-order valence-electron chi connectivity index (χ4n) is 2.06. The number of fused-ring (bicyclic) bond motifs is 2. The van der Waals surface area contributed by atoms with Crippen LogP contribution in [-0.2, 0) is 0 Å². The zero-order chi connectivity index (χ0) is 5.56. The van der Waals surface area contributed by atoms with Crippen LogP contribution in [0.15, 0.2) is 12.2 Å². The minimum absolute atomic E-state index is 0.958. The Morgan fingerprint density at radius 3 is 2.38 bits per heavy atom. The van der Waals surface area contributed by atoms with E-state index in [0.29, 0.717) is 0 Å². The topological polar surface area (TPSA) is 0 Å². The van der Waals surface area contributed by atoms with Crippen LogP contribution in [0.5, 0.6) is 0 Å². The number of rotatable bonds is 0. The Morgan fingerprint density at radius 1 is 1.25 bits per heavy atom. The van der Waals surface area contributed by atoms with Gasteiger partial charge in [-0.1, -0.05) is 24.4 Å². The molecule has 3 atom stereocenters. The highest BCUT2D eigenvalue weighted by Crippen LogP contribution is 2.45. The molecule has 2 bridgehead atoms. The van der Waals surface area contributed by atoms with Crippen LogP contribution in [-0.4, -0.2) is 7.85 Å². The third-order valence-electron chi connectivity index (χ3n) is 2.61. The molecular formula is C7H11B. The van der Waals surface area contributed by atoms with Crippen molar-refractivity contribution < 1.29 is 0 Å². The lowest BCUT2D eigenvalue weighted by Crippen LogP contribution is -1.97. The quantitative estimate of drug-likeness (QED) is 0.319. The maximum Gasteiger partial charge on any atom is 0.106 e. The van der Waals surface area contributed by atoms with E-state index in [2.05, 4.69) is 20.0 Å². The summed E-state index contributed by atoms with van der Waals surface area (Å²) >= 11 is 0. The molecule has 0 aromatic heterocycles. The van der Waals surface area contributed by atoms with E-state index in [1.54, 1.807) is 0 Å². The number of hydrogen-bond donors (Lipinski definition) is 0. The average Bonchev–Trinajstić information content (AvgIpc) is 2.23. The van der Waals surface area contributed by atoms with Gasteiger partial charge in [0.2, 0.25) is 0 Å². The predicted molar refractivity (Wildman–Crippen MR) is 37.6 cm³/mol. The third-order valence-corrected chi connectivity index (χ3v) is 2.61. The highest BCUT2D eigenvalue weighted by molar-refractivity contribution is 6.12. The minimum atomic E-state index is 0.958. The molecule has 0 heterocycles. The van der Waals surface area contributed by atoms with Gasteiger partial charge in [-0.05, 0) is 18.3 Å². The first kappa shape index (κ1) is 4.66. The molecule has 0 aromatic rings. The standard InChI is InChI=1S/C7H11B/c8-7-4-5-1-2-6(7)3-5/h1-2,5-7H,3-4,8H2. The molecule has 2 aliphatic carbocycles. The molecule has 8 heavy (non-hydrogen) atoms. The van der Waals surface area contributed by atoms with Crippen molar-refractivity contribution in [1.29, 1.82) is 0 Å². The summed E-state index contributed by atoms with van der Waals surface area (Å²) in [4.78, 5) is 0. The monoisotopic (exact) mass is 106 g/mol. The maximum atomic E-state index is 2.40.